The van der Waals surface area contributed by atoms with Crippen LogP contribution in [0, 0.1) is 0 Å². The van der Waals surface area contributed by atoms with E-state index >= 15 is 0 Å². The molecule has 0 heterocycles. The van der Waals surface area contributed by atoms with E-state index in [4.69, 9.17) is 5.73 Å². The van der Waals surface area contributed by atoms with E-state index in [1.54, 1.807) is 0 Å². The van der Waals surface area contributed by atoms with E-state index < -0.39 is 6.04 Å². The summed E-state index contributed by atoms with van der Waals surface area (Å²) in [5.41, 5.74) is 5.40. The Labute approximate surface area is 66.1 Å². The lowest BCUT2D eigenvalue weighted by Crippen LogP contribution is -2.40. The van der Waals surface area contributed by atoms with E-state index in [1.165, 1.54) is 0 Å². The molecular weight excluding hydrogens is 144 g/mol. The first-order valence-corrected chi connectivity index (χ1v) is 3.69. The molecule has 4 heteroatoms. The Bertz CT molecular complexity index is 136. The summed E-state index contributed by atoms with van der Waals surface area (Å²) in [6.45, 7) is 2.22. The van der Waals surface area contributed by atoms with Crippen molar-refractivity contribution >= 4 is 12.2 Å². The Morgan fingerprint density at radius 2 is 2.36 bits per heavy atom. The van der Waals surface area contributed by atoms with Crippen LogP contribution in [0.15, 0.2) is 0 Å². The van der Waals surface area contributed by atoms with Crippen molar-refractivity contribution in [2.75, 3.05) is 6.54 Å². The lowest BCUT2D eigenvalue weighted by molar-refractivity contribution is -0.122. The maximum absolute atomic E-state index is 10.9. The zero-order valence-corrected chi connectivity index (χ0v) is 6.67. The fraction of sp³-hybridized carbons (Fsp3) is 0.714. The van der Waals surface area contributed by atoms with Crippen molar-refractivity contribution in [2.24, 2.45) is 5.73 Å². The van der Waals surface area contributed by atoms with Crippen molar-refractivity contribution in [3.8, 4) is 0 Å². The van der Waals surface area contributed by atoms with Crippen LogP contribution in [0.4, 0.5) is 0 Å². The van der Waals surface area contributed by atoms with Crippen LogP contribution in [0.5, 0.6) is 0 Å². The van der Waals surface area contributed by atoms with Gasteiger partial charge >= 0.3 is 0 Å². The Morgan fingerprint density at radius 3 is 2.82 bits per heavy atom. The predicted molar refractivity (Wildman–Crippen MR) is 42.0 cm³/mol. The molecule has 0 aromatic carbocycles. The third-order valence-corrected chi connectivity index (χ3v) is 1.34. The van der Waals surface area contributed by atoms with E-state index in [0.29, 0.717) is 19.4 Å². The number of aldehydes is 1. The van der Waals surface area contributed by atoms with Gasteiger partial charge in [-0.05, 0) is 6.42 Å². The second-order valence-corrected chi connectivity index (χ2v) is 2.26. The largest absolute Gasteiger partial charge is 0.354 e. The van der Waals surface area contributed by atoms with Gasteiger partial charge in [0.15, 0.2) is 0 Å². The Hall–Kier alpha value is -0.900. The summed E-state index contributed by atoms with van der Waals surface area (Å²) < 4.78 is 0. The van der Waals surface area contributed by atoms with E-state index in [0.717, 1.165) is 6.29 Å². The van der Waals surface area contributed by atoms with E-state index in [9.17, 15) is 9.59 Å². The lowest BCUT2D eigenvalue weighted by atomic mass is 10.2. The van der Waals surface area contributed by atoms with Gasteiger partial charge in [0.2, 0.25) is 5.91 Å². The molecule has 0 bridgehead atoms. The number of carbonyl (C=O) groups excluding carboxylic acids is 2. The van der Waals surface area contributed by atoms with Crippen LogP contribution in [-0.2, 0) is 9.59 Å². The van der Waals surface area contributed by atoms with Gasteiger partial charge < -0.3 is 15.8 Å². The first kappa shape index (κ1) is 10.1. The molecule has 0 saturated heterocycles. The Kier molecular flexibility index (Phi) is 5.37. The van der Waals surface area contributed by atoms with Crippen LogP contribution >= 0.6 is 0 Å². The van der Waals surface area contributed by atoms with Crippen molar-refractivity contribution in [1.29, 1.82) is 0 Å². The smallest absolute Gasteiger partial charge is 0.236 e. The molecule has 0 aromatic heterocycles. The van der Waals surface area contributed by atoms with Gasteiger partial charge in [0.1, 0.15) is 6.29 Å². The fourth-order valence-electron chi connectivity index (χ4n) is 0.571. The number of hydrogen-bond donors (Lipinski definition) is 2. The van der Waals surface area contributed by atoms with Crippen LogP contribution in [0.2, 0.25) is 0 Å². The first-order valence-electron chi connectivity index (χ1n) is 3.69. The van der Waals surface area contributed by atoms with Crippen LogP contribution in [-0.4, -0.2) is 24.8 Å². The molecule has 1 unspecified atom stereocenters. The normalized spacial score (nSPS) is 12.2. The molecule has 0 aliphatic rings. The molecule has 11 heavy (non-hydrogen) atoms. The summed E-state index contributed by atoms with van der Waals surface area (Å²) in [6.07, 6.45) is 1.73. The van der Waals surface area contributed by atoms with Crippen molar-refractivity contribution in [1.82, 2.24) is 5.32 Å². The highest BCUT2D eigenvalue weighted by Gasteiger charge is 2.08. The molecule has 1 atom stereocenters. The summed E-state index contributed by atoms with van der Waals surface area (Å²) in [4.78, 5) is 20.7. The maximum atomic E-state index is 10.9. The number of carbonyl (C=O) groups is 2. The van der Waals surface area contributed by atoms with Gasteiger partial charge in [-0.1, -0.05) is 6.92 Å². The molecule has 0 aromatic rings. The molecular formula is C7H14N2O2. The number of nitrogens with one attached hydrogen (secondary N) is 1. The zero-order chi connectivity index (χ0) is 8.69. The summed E-state index contributed by atoms with van der Waals surface area (Å²) in [6, 6.07) is -0.443. The van der Waals surface area contributed by atoms with Gasteiger partial charge in [-0.2, -0.15) is 0 Å². The second-order valence-electron chi connectivity index (χ2n) is 2.26. The third kappa shape index (κ3) is 4.50. The van der Waals surface area contributed by atoms with Crippen LogP contribution in [0.3, 0.4) is 0 Å². The minimum absolute atomic E-state index is 0.186. The minimum atomic E-state index is -0.443. The summed E-state index contributed by atoms with van der Waals surface area (Å²) >= 11 is 0. The number of amides is 1. The van der Waals surface area contributed by atoms with Gasteiger partial charge in [0.05, 0.1) is 6.04 Å². The molecule has 0 rings (SSSR count). The van der Waals surface area contributed by atoms with Gasteiger partial charge in [0.25, 0.3) is 0 Å². The first-order chi connectivity index (χ1) is 5.22. The predicted octanol–water partition coefficient (Wildman–Crippen LogP) is -0.571. The molecule has 64 valence electrons. The molecule has 1 amide bonds. The monoisotopic (exact) mass is 158 g/mol. The van der Waals surface area contributed by atoms with Crippen molar-refractivity contribution in [3.63, 3.8) is 0 Å². The van der Waals surface area contributed by atoms with Gasteiger partial charge in [-0.3, -0.25) is 4.79 Å². The molecule has 0 aliphatic carbocycles. The van der Waals surface area contributed by atoms with E-state index in [1.807, 2.05) is 6.92 Å². The number of hydrogen-bond acceptors (Lipinski definition) is 3. The topological polar surface area (TPSA) is 72.2 Å². The van der Waals surface area contributed by atoms with Crippen LogP contribution in [0.25, 0.3) is 0 Å². The van der Waals surface area contributed by atoms with E-state index in [2.05, 4.69) is 5.32 Å². The van der Waals surface area contributed by atoms with Crippen LogP contribution in [0.1, 0.15) is 19.8 Å². The highest BCUT2D eigenvalue weighted by Crippen LogP contribution is 1.84. The minimum Gasteiger partial charge on any atom is -0.354 e. The van der Waals surface area contributed by atoms with Crippen molar-refractivity contribution in [3.05, 3.63) is 0 Å². The molecule has 0 spiro atoms. The number of rotatable bonds is 5. The SMILES string of the molecule is CCC(N)C(=O)NCCC=O. The number of nitrogens with two attached hydrogens (primary N) is 1. The quantitative estimate of drug-likeness (QED) is 0.415. The van der Waals surface area contributed by atoms with Crippen LogP contribution < -0.4 is 11.1 Å². The third-order valence-electron chi connectivity index (χ3n) is 1.34. The standard InChI is InChI=1S/C7H14N2O2/c1-2-6(8)7(11)9-4-3-5-10/h5-6H,2-4,8H2,1H3,(H,9,11). The summed E-state index contributed by atoms with van der Waals surface area (Å²) in [7, 11) is 0. The molecule has 3 N–H and O–H groups in total. The highest BCUT2D eigenvalue weighted by atomic mass is 16.2. The Morgan fingerprint density at radius 1 is 1.73 bits per heavy atom. The lowest BCUT2D eigenvalue weighted by Gasteiger charge is -2.07. The molecule has 0 radical (unpaired) electrons. The molecule has 0 aliphatic heterocycles. The van der Waals surface area contributed by atoms with Gasteiger partial charge in [0, 0.05) is 13.0 Å². The summed E-state index contributed by atoms with van der Waals surface area (Å²) in [5.74, 6) is -0.186. The van der Waals surface area contributed by atoms with Gasteiger partial charge in [-0.15, -0.1) is 0 Å². The summed E-state index contributed by atoms with van der Waals surface area (Å²) in [5, 5.41) is 2.54. The van der Waals surface area contributed by atoms with Gasteiger partial charge in [-0.25, -0.2) is 0 Å². The Balaban J connectivity index is 3.43. The van der Waals surface area contributed by atoms with Crippen molar-refractivity contribution < 1.29 is 9.59 Å². The second kappa shape index (κ2) is 5.85. The van der Waals surface area contributed by atoms with Crippen molar-refractivity contribution in [2.45, 2.75) is 25.8 Å². The molecule has 4 nitrogen and oxygen atoms in total. The fourth-order valence-corrected chi connectivity index (χ4v) is 0.571. The van der Waals surface area contributed by atoms with E-state index in [-0.39, 0.29) is 5.91 Å². The molecule has 0 fully saturated rings. The average molecular weight is 158 g/mol. The molecule has 0 saturated carbocycles. The maximum Gasteiger partial charge on any atom is 0.236 e. The average Bonchev–Trinajstić information content (AvgIpc) is 2.03. The zero-order valence-electron chi connectivity index (χ0n) is 6.67. The highest BCUT2D eigenvalue weighted by molar-refractivity contribution is 5.81.